The Bertz CT molecular complexity index is 925. The number of hydrogen-bond acceptors (Lipinski definition) is 6. The van der Waals surface area contributed by atoms with Gasteiger partial charge in [-0.15, -0.1) is 11.3 Å². The first-order chi connectivity index (χ1) is 13.0. The molecule has 7 nitrogen and oxygen atoms in total. The quantitative estimate of drug-likeness (QED) is 0.762. The molecule has 0 radical (unpaired) electrons. The molecular formula is C19H16N3O4S-. The lowest BCUT2D eigenvalue weighted by atomic mass is 9.82. The third-order valence-corrected chi connectivity index (χ3v) is 5.77. The summed E-state index contributed by atoms with van der Waals surface area (Å²) in [7, 11) is 0. The molecule has 1 fully saturated rings. The lowest BCUT2D eigenvalue weighted by Gasteiger charge is -2.27. The summed E-state index contributed by atoms with van der Waals surface area (Å²) in [5, 5.41) is 19.1. The molecule has 1 heterocycles. The number of fused-ring (bicyclic) bond motifs is 2. The second kappa shape index (κ2) is 6.96. The zero-order chi connectivity index (χ0) is 19.0. The molecular weight excluding hydrogens is 366 g/mol. The Labute approximate surface area is 159 Å². The molecule has 1 saturated carbocycles. The molecule has 2 aliphatic rings. The Balaban J connectivity index is 1.48. The van der Waals surface area contributed by atoms with Crippen LogP contribution in [0.4, 0.5) is 10.8 Å². The maximum Gasteiger partial charge on any atom is 0.257 e. The molecule has 4 rings (SSSR count). The summed E-state index contributed by atoms with van der Waals surface area (Å²) in [6.07, 6.45) is 6.02. The summed E-state index contributed by atoms with van der Waals surface area (Å²) in [5.74, 6) is -3.59. The van der Waals surface area contributed by atoms with E-state index in [1.807, 2.05) is 12.2 Å². The van der Waals surface area contributed by atoms with Crippen LogP contribution in [0.1, 0.15) is 16.8 Å². The van der Waals surface area contributed by atoms with Crippen LogP contribution in [0.25, 0.3) is 0 Å². The fourth-order valence-corrected chi connectivity index (χ4v) is 4.44. The number of amides is 2. The number of thiazole rings is 1. The maximum absolute atomic E-state index is 12.7. The van der Waals surface area contributed by atoms with E-state index in [-0.39, 0.29) is 23.7 Å². The number of benzene rings is 1. The minimum Gasteiger partial charge on any atom is -0.550 e. The topological polar surface area (TPSA) is 111 Å². The summed E-state index contributed by atoms with van der Waals surface area (Å²) in [4.78, 5) is 40.5. The normalized spacial score (nSPS) is 25.3. The third kappa shape index (κ3) is 3.35. The highest BCUT2D eigenvalue weighted by Gasteiger charge is 2.48. The summed E-state index contributed by atoms with van der Waals surface area (Å²) in [6.45, 7) is 0. The number of rotatable bonds is 5. The van der Waals surface area contributed by atoms with Gasteiger partial charge in [0, 0.05) is 34.7 Å². The Morgan fingerprint density at radius 1 is 1.11 bits per heavy atom. The van der Waals surface area contributed by atoms with E-state index in [0.29, 0.717) is 22.8 Å². The Hall–Kier alpha value is -3.00. The lowest BCUT2D eigenvalue weighted by molar-refractivity contribution is -0.313. The van der Waals surface area contributed by atoms with Crippen molar-refractivity contribution in [2.45, 2.75) is 6.42 Å². The van der Waals surface area contributed by atoms with Gasteiger partial charge in [0.1, 0.15) is 0 Å². The number of carbonyl (C=O) groups excluding carboxylic acids is 3. The fraction of sp³-hybridized carbons (Fsp3) is 0.263. The van der Waals surface area contributed by atoms with Crippen molar-refractivity contribution in [1.29, 1.82) is 0 Å². The van der Waals surface area contributed by atoms with Crippen LogP contribution >= 0.6 is 11.3 Å². The Morgan fingerprint density at radius 2 is 1.89 bits per heavy atom. The van der Waals surface area contributed by atoms with Gasteiger partial charge in [-0.2, -0.15) is 0 Å². The van der Waals surface area contributed by atoms with Crippen LogP contribution in [0.5, 0.6) is 0 Å². The minimum atomic E-state index is -1.19. The SMILES string of the molecule is O=C(Nc1nccs1)c1cccc(NC(=O)[C@H]2[C@@H](C(=O)[O-])[C@H]3C=C[C@H]2C3)c1. The van der Waals surface area contributed by atoms with E-state index in [0.717, 1.165) is 0 Å². The van der Waals surface area contributed by atoms with Crippen molar-refractivity contribution in [2.24, 2.45) is 23.7 Å². The van der Waals surface area contributed by atoms with Crippen molar-refractivity contribution in [2.75, 3.05) is 10.6 Å². The van der Waals surface area contributed by atoms with Gasteiger partial charge in [-0.1, -0.05) is 18.2 Å². The average molecular weight is 382 g/mol. The smallest absolute Gasteiger partial charge is 0.257 e. The molecule has 2 amide bonds. The summed E-state index contributed by atoms with van der Waals surface area (Å²) >= 11 is 1.31. The maximum atomic E-state index is 12.7. The van der Waals surface area contributed by atoms with E-state index >= 15 is 0 Å². The summed E-state index contributed by atoms with van der Waals surface area (Å²) in [6, 6.07) is 6.50. The number of aliphatic carboxylic acids is 1. The highest BCUT2D eigenvalue weighted by atomic mass is 32.1. The van der Waals surface area contributed by atoms with Crippen molar-refractivity contribution in [3.8, 4) is 0 Å². The first-order valence-electron chi connectivity index (χ1n) is 8.54. The standard InChI is InChI=1S/C19H17N3O4S/c23-16(22-19-20-6-7-27-19)12-2-1-3-13(9-12)21-17(24)14-10-4-5-11(8-10)15(14)18(25)26/h1-7,9-11,14-15H,8H2,(H,21,24)(H,25,26)(H,20,22,23)/p-1/t10-,11-,14+,15-/m0/s1. The second-order valence-electron chi connectivity index (χ2n) is 6.68. The van der Waals surface area contributed by atoms with Crippen molar-refractivity contribution in [3.05, 3.63) is 53.6 Å². The number of carboxylic acid groups (broad SMARTS) is 1. The van der Waals surface area contributed by atoms with E-state index in [9.17, 15) is 19.5 Å². The van der Waals surface area contributed by atoms with Crippen LogP contribution in [0, 0.1) is 23.7 Å². The average Bonchev–Trinajstić information content (AvgIpc) is 3.38. The molecule has 4 atom stereocenters. The van der Waals surface area contributed by atoms with Crippen LogP contribution in [0.2, 0.25) is 0 Å². The molecule has 2 bridgehead atoms. The first-order valence-corrected chi connectivity index (χ1v) is 9.42. The van der Waals surface area contributed by atoms with E-state index < -0.39 is 17.8 Å². The van der Waals surface area contributed by atoms with Crippen molar-refractivity contribution in [1.82, 2.24) is 4.98 Å². The molecule has 138 valence electrons. The van der Waals surface area contributed by atoms with E-state index in [4.69, 9.17) is 0 Å². The summed E-state index contributed by atoms with van der Waals surface area (Å²) in [5.41, 5.74) is 0.808. The molecule has 0 spiro atoms. The molecule has 2 aromatic rings. The van der Waals surface area contributed by atoms with E-state index in [2.05, 4.69) is 15.6 Å². The predicted molar refractivity (Wildman–Crippen MR) is 97.9 cm³/mol. The number of carbonyl (C=O) groups is 3. The first kappa shape index (κ1) is 17.4. The number of nitrogens with zero attached hydrogens (tertiary/aromatic N) is 1. The molecule has 2 N–H and O–H groups in total. The lowest BCUT2D eigenvalue weighted by Crippen LogP contribution is -2.42. The molecule has 0 aliphatic heterocycles. The van der Waals surface area contributed by atoms with Gasteiger partial charge in [-0.3, -0.25) is 14.9 Å². The fourth-order valence-electron chi connectivity index (χ4n) is 3.92. The number of anilines is 2. The minimum absolute atomic E-state index is 0.0886. The van der Waals surface area contributed by atoms with Crippen LogP contribution in [-0.2, 0) is 9.59 Å². The largest absolute Gasteiger partial charge is 0.550 e. The van der Waals surface area contributed by atoms with Gasteiger partial charge in [0.25, 0.3) is 5.91 Å². The van der Waals surface area contributed by atoms with Crippen molar-refractivity contribution >= 4 is 39.9 Å². The molecule has 0 unspecified atom stereocenters. The number of nitrogens with one attached hydrogen (secondary N) is 2. The molecule has 27 heavy (non-hydrogen) atoms. The zero-order valence-corrected chi connectivity index (χ0v) is 14.9. The van der Waals surface area contributed by atoms with Crippen molar-refractivity contribution in [3.63, 3.8) is 0 Å². The zero-order valence-electron chi connectivity index (χ0n) is 14.1. The third-order valence-electron chi connectivity index (χ3n) is 5.08. The van der Waals surface area contributed by atoms with Crippen LogP contribution in [0.15, 0.2) is 48.0 Å². The number of hydrogen-bond donors (Lipinski definition) is 2. The van der Waals surface area contributed by atoms with Crippen LogP contribution < -0.4 is 15.7 Å². The van der Waals surface area contributed by atoms with Gasteiger partial charge in [0.2, 0.25) is 5.91 Å². The van der Waals surface area contributed by atoms with Gasteiger partial charge >= 0.3 is 0 Å². The molecule has 0 saturated heterocycles. The van der Waals surface area contributed by atoms with Gasteiger partial charge in [0.15, 0.2) is 5.13 Å². The molecule has 2 aliphatic carbocycles. The van der Waals surface area contributed by atoms with Gasteiger partial charge in [0.05, 0.1) is 5.92 Å². The Morgan fingerprint density at radius 3 is 2.59 bits per heavy atom. The van der Waals surface area contributed by atoms with Crippen LogP contribution in [-0.4, -0.2) is 22.8 Å². The highest BCUT2D eigenvalue weighted by molar-refractivity contribution is 7.13. The van der Waals surface area contributed by atoms with Crippen molar-refractivity contribution < 1.29 is 19.5 Å². The second-order valence-corrected chi connectivity index (χ2v) is 7.57. The van der Waals surface area contributed by atoms with E-state index in [1.54, 1.807) is 35.8 Å². The van der Waals surface area contributed by atoms with E-state index in [1.165, 1.54) is 11.3 Å². The number of allylic oxidation sites excluding steroid dienone is 2. The molecule has 1 aromatic heterocycles. The van der Waals surface area contributed by atoms with Crippen LogP contribution in [0.3, 0.4) is 0 Å². The molecule has 8 heteroatoms. The molecule has 1 aromatic carbocycles. The summed E-state index contributed by atoms with van der Waals surface area (Å²) < 4.78 is 0. The van der Waals surface area contributed by atoms with Gasteiger partial charge in [-0.25, -0.2) is 4.98 Å². The predicted octanol–water partition coefficient (Wildman–Crippen LogP) is 1.52. The monoisotopic (exact) mass is 382 g/mol. The highest BCUT2D eigenvalue weighted by Crippen LogP contribution is 2.48. The number of carboxylic acids is 1. The number of aromatic nitrogens is 1. The van der Waals surface area contributed by atoms with Gasteiger partial charge < -0.3 is 15.2 Å². The van der Waals surface area contributed by atoms with Gasteiger partial charge in [-0.05, 0) is 36.5 Å². The Kier molecular flexibility index (Phi) is 4.49.